The minimum atomic E-state index is -0.143. The Bertz CT molecular complexity index is 450. The van der Waals surface area contributed by atoms with Crippen molar-refractivity contribution in [2.75, 3.05) is 13.6 Å². The number of benzene rings is 1. The molecule has 1 aromatic carbocycles. The monoisotopic (exact) mass is 311 g/mol. The van der Waals surface area contributed by atoms with Gasteiger partial charge in [-0.3, -0.25) is 0 Å². The van der Waals surface area contributed by atoms with E-state index in [1.165, 1.54) is 25.3 Å². The van der Waals surface area contributed by atoms with Crippen LogP contribution in [0, 0.1) is 23.1 Å². The molecule has 3 heteroatoms. The first-order valence-corrected chi connectivity index (χ1v) is 7.50. The zero-order valence-electron chi connectivity index (χ0n) is 10.7. The molecule has 0 bridgehead atoms. The van der Waals surface area contributed by atoms with Gasteiger partial charge in [-0.25, -0.2) is 4.39 Å². The Morgan fingerprint density at radius 2 is 2.11 bits per heavy atom. The lowest BCUT2D eigenvalue weighted by atomic mass is 9.77. The van der Waals surface area contributed by atoms with Gasteiger partial charge in [0.25, 0.3) is 0 Å². The quantitative estimate of drug-likeness (QED) is 0.892. The number of nitrogens with one attached hydrogen (secondary N) is 1. The molecule has 0 radical (unpaired) electrons. The van der Waals surface area contributed by atoms with E-state index in [4.69, 9.17) is 0 Å². The fourth-order valence-electron chi connectivity index (χ4n) is 3.82. The van der Waals surface area contributed by atoms with Crippen LogP contribution in [0.15, 0.2) is 22.7 Å². The molecule has 3 rings (SSSR count). The van der Waals surface area contributed by atoms with Crippen LogP contribution in [0.2, 0.25) is 0 Å². The van der Waals surface area contributed by atoms with Gasteiger partial charge in [-0.2, -0.15) is 0 Å². The summed E-state index contributed by atoms with van der Waals surface area (Å²) in [4.78, 5) is 0. The van der Waals surface area contributed by atoms with Crippen molar-refractivity contribution in [1.82, 2.24) is 5.32 Å². The van der Waals surface area contributed by atoms with Gasteiger partial charge in [-0.1, -0.05) is 12.1 Å². The zero-order valence-corrected chi connectivity index (χ0v) is 12.3. The standard InChI is InChI=1S/C15H19BrFN/c1-18-9-15(7-11-5-12(11)8-15)6-10-3-2-4-13(17)14(10)16/h2-4,11-12,18H,5-9H2,1H3. The summed E-state index contributed by atoms with van der Waals surface area (Å²) in [6.45, 7) is 1.04. The van der Waals surface area contributed by atoms with Gasteiger partial charge in [-0.05, 0) is 77.5 Å². The molecule has 2 aliphatic carbocycles. The van der Waals surface area contributed by atoms with Crippen LogP contribution in [-0.4, -0.2) is 13.6 Å². The molecule has 2 aliphatic rings. The highest BCUT2D eigenvalue weighted by Gasteiger charge is 2.53. The second-order valence-corrected chi connectivity index (χ2v) is 6.88. The van der Waals surface area contributed by atoms with Crippen molar-refractivity contribution in [2.24, 2.45) is 17.3 Å². The third-order valence-electron chi connectivity index (χ3n) is 4.61. The number of halogens is 2. The van der Waals surface area contributed by atoms with E-state index in [1.807, 2.05) is 13.1 Å². The van der Waals surface area contributed by atoms with Crippen molar-refractivity contribution < 1.29 is 4.39 Å². The van der Waals surface area contributed by atoms with Crippen molar-refractivity contribution >= 4 is 15.9 Å². The van der Waals surface area contributed by atoms with Gasteiger partial charge in [0, 0.05) is 6.54 Å². The summed E-state index contributed by atoms with van der Waals surface area (Å²) in [5, 5.41) is 3.34. The molecular formula is C15H19BrFN. The van der Waals surface area contributed by atoms with E-state index >= 15 is 0 Å². The topological polar surface area (TPSA) is 12.0 Å². The molecule has 0 aromatic heterocycles. The predicted octanol–water partition coefficient (Wildman–Crippen LogP) is 3.77. The smallest absolute Gasteiger partial charge is 0.137 e. The molecule has 0 aliphatic heterocycles. The lowest BCUT2D eigenvalue weighted by molar-refractivity contribution is 0.254. The van der Waals surface area contributed by atoms with Gasteiger partial charge in [0.1, 0.15) is 5.82 Å². The van der Waals surface area contributed by atoms with Crippen LogP contribution in [0.5, 0.6) is 0 Å². The minimum Gasteiger partial charge on any atom is -0.319 e. The van der Waals surface area contributed by atoms with E-state index in [1.54, 1.807) is 0 Å². The molecule has 2 unspecified atom stereocenters. The molecule has 2 saturated carbocycles. The number of fused-ring (bicyclic) bond motifs is 1. The van der Waals surface area contributed by atoms with Crippen molar-refractivity contribution in [3.8, 4) is 0 Å². The molecule has 0 heterocycles. The van der Waals surface area contributed by atoms with Gasteiger partial charge >= 0.3 is 0 Å². The van der Waals surface area contributed by atoms with E-state index in [9.17, 15) is 4.39 Å². The second kappa shape index (κ2) is 4.61. The molecule has 2 fully saturated rings. The molecule has 2 atom stereocenters. The lowest BCUT2D eigenvalue weighted by Crippen LogP contribution is -2.33. The Kier molecular flexibility index (Phi) is 3.23. The number of rotatable bonds is 4. The maximum absolute atomic E-state index is 13.6. The van der Waals surface area contributed by atoms with E-state index in [0.29, 0.717) is 9.89 Å². The van der Waals surface area contributed by atoms with E-state index < -0.39 is 0 Å². The Balaban J connectivity index is 1.82. The Morgan fingerprint density at radius 1 is 1.39 bits per heavy atom. The summed E-state index contributed by atoms with van der Waals surface area (Å²) >= 11 is 3.39. The highest BCUT2D eigenvalue weighted by atomic mass is 79.9. The maximum Gasteiger partial charge on any atom is 0.137 e. The van der Waals surface area contributed by atoms with E-state index in [2.05, 4.69) is 27.3 Å². The van der Waals surface area contributed by atoms with Crippen molar-refractivity contribution in [1.29, 1.82) is 0 Å². The molecule has 1 aromatic rings. The first-order valence-electron chi connectivity index (χ1n) is 6.71. The Labute approximate surface area is 116 Å². The van der Waals surface area contributed by atoms with Crippen molar-refractivity contribution in [3.63, 3.8) is 0 Å². The SMILES string of the molecule is CNCC1(Cc2cccc(F)c2Br)CC2CC2C1. The summed E-state index contributed by atoms with van der Waals surface area (Å²) in [5.41, 5.74) is 1.46. The average molecular weight is 312 g/mol. The fraction of sp³-hybridized carbons (Fsp3) is 0.600. The third-order valence-corrected chi connectivity index (χ3v) is 5.50. The molecule has 1 nitrogen and oxygen atoms in total. The van der Waals surface area contributed by atoms with Crippen molar-refractivity contribution in [3.05, 3.63) is 34.1 Å². The van der Waals surface area contributed by atoms with Gasteiger partial charge in [0.15, 0.2) is 0 Å². The number of hydrogen-bond acceptors (Lipinski definition) is 1. The first kappa shape index (κ1) is 12.6. The van der Waals surface area contributed by atoms with Crippen LogP contribution in [0.4, 0.5) is 4.39 Å². The molecule has 98 valence electrons. The van der Waals surface area contributed by atoms with Crippen LogP contribution in [0.25, 0.3) is 0 Å². The molecule has 0 spiro atoms. The van der Waals surface area contributed by atoms with E-state index in [-0.39, 0.29) is 5.82 Å². The van der Waals surface area contributed by atoms with Gasteiger partial charge in [0.05, 0.1) is 4.47 Å². The van der Waals surface area contributed by atoms with Gasteiger partial charge in [0.2, 0.25) is 0 Å². The van der Waals surface area contributed by atoms with Gasteiger partial charge < -0.3 is 5.32 Å². The van der Waals surface area contributed by atoms with E-state index in [0.717, 1.165) is 30.4 Å². The zero-order chi connectivity index (χ0) is 12.8. The molecular weight excluding hydrogens is 293 g/mol. The highest BCUT2D eigenvalue weighted by molar-refractivity contribution is 9.10. The Morgan fingerprint density at radius 3 is 2.78 bits per heavy atom. The lowest BCUT2D eigenvalue weighted by Gasteiger charge is -2.31. The second-order valence-electron chi connectivity index (χ2n) is 6.08. The fourth-order valence-corrected chi connectivity index (χ4v) is 4.23. The highest BCUT2D eigenvalue weighted by Crippen LogP contribution is 2.60. The molecule has 0 amide bonds. The summed E-state index contributed by atoms with van der Waals surface area (Å²) in [5.74, 6) is 1.76. The summed E-state index contributed by atoms with van der Waals surface area (Å²) in [6.07, 6.45) is 5.03. The number of hydrogen-bond donors (Lipinski definition) is 1. The maximum atomic E-state index is 13.6. The molecule has 0 saturated heterocycles. The minimum absolute atomic E-state index is 0.143. The van der Waals surface area contributed by atoms with Crippen molar-refractivity contribution in [2.45, 2.75) is 25.7 Å². The largest absolute Gasteiger partial charge is 0.319 e. The van der Waals surface area contributed by atoms with Crippen LogP contribution in [0.1, 0.15) is 24.8 Å². The Hall–Kier alpha value is -0.410. The summed E-state index contributed by atoms with van der Waals surface area (Å²) < 4.78 is 14.2. The summed E-state index contributed by atoms with van der Waals surface area (Å²) in [6, 6.07) is 5.39. The van der Waals surface area contributed by atoms with Crippen LogP contribution in [0.3, 0.4) is 0 Å². The first-order chi connectivity index (χ1) is 8.63. The third kappa shape index (κ3) is 2.23. The van der Waals surface area contributed by atoms with Crippen LogP contribution < -0.4 is 5.32 Å². The molecule has 1 N–H and O–H groups in total. The normalized spacial score (nSPS) is 33.5. The summed E-state index contributed by atoms with van der Waals surface area (Å²) in [7, 11) is 2.02. The predicted molar refractivity (Wildman–Crippen MR) is 75.0 cm³/mol. The van der Waals surface area contributed by atoms with Crippen LogP contribution >= 0.6 is 15.9 Å². The molecule has 18 heavy (non-hydrogen) atoms. The van der Waals surface area contributed by atoms with Gasteiger partial charge in [-0.15, -0.1) is 0 Å². The van der Waals surface area contributed by atoms with Crippen LogP contribution in [-0.2, 0) is 6.42 Å². The average Bonchev–Trinajstić information content (AvgIpc) is 2.94.